The molecule has 0 aliphatic carbocycles. The van der Waals surface area contributed by atoms with Crippen LogP contribution in [-0.2, 0) is 6.54 Å². The molecule has 1 aromatic carbocycles. The molecule has 5 nitrogen and oxygen atoms in total. The number of hydrogen-bond acceptors (Lipinski definition) is 4. The Hall–Kier alpha value is -2.61. The maximum Gasteiger partial charge on any atom is 0.284 e. The summed E-state index contributed by atoms with van der Waals surface area (Å²) in [7, 11) is 0. The molecule has 0 aliphatic rings. The molecular weight excluding hydrogens is 278 g/mol. The lowest BCUT2D eigenvalue weighted by atomic mass is 10.1. The molecule has 0 saturated carbocycles. The molecule has 0 spiro atoms. The SMILES string of the molecule is CCOc1ccccc1-c1cc(C#N)c(=O)n(CC(C)C)n1. The van der Waals surface area contributed by atoms with Crippen LogP contribution in [0.1, 0.15) is 26.3 Å². The van der Waals surface area contributed by atoms with Gasteiger partial charge in [0.05, 0.1) is 12.3 Å². The fourth-order valence-electron chi connectivity index (χ4n) is 2.18. The van der Waals surface area contributed by atoms with Crippen LogP contribution in [0.2, 0.25) is 0 Å². The number of nitrogens with zero attached hydrogens (tertiary/aromatic N) is 3. The minimum atomic E-state index is -0.353. The lowest BCUT2D eigenvalue weighted by Gasteiger charge is -2.13. The molecule has 2 rings (SSSR count). The van der Waals surface area contributed by atoms with Gasteiger partial charge in [0, 0.05) is 12.1 Å². The predicted molar refractivity (Wildman–Crippen MR) is 84.7 cm³/mol. The molecule has 0 N–H and O–H groups in total. The number of hydrogen-bond donors (Lipinski definition) is 0. The van der Waals surface area contributed by atoms with Gasteiger partial charge in [0.15, 0.2) is 0 Å². The molecule has 0 radical (unpaired) electrons. The van der Waals surface area contributed by atoms with Crippen LogP contribution < -0.4 is 10.3 Å². The highest BCUT2D eigenvalue weighted by Gasteiger charge is 2.13. The third-order valence-electron chi connectivity index (χ3n) is 3.10. The molecule has 1 aromatic heterocycles. The third-order valence-corrected chi connectivity index (χ3v) is 3.10. The Kier molecular flexibility index (Phi) is 4.95. The lowest BCUT2D eigenvalue weighted by Crippen LogP contribution is -2.27. The van der Waals surface area contributed by atoms with E-state index in [0.717, 1.165) is 5.56 Å². The van der Waals surface area contributed by atoms with Crippen LogP contribution in [0.25, 0.3) is 11.3 Å². The van der Waals surface area contributed by atoms with E-state index >= 15 is 0 Å². The summed E-state index contributed by atoms with van der Waals surface area (Å²) in [5.74, 6) is 0.949. The second-order valence-electron chi connectivity index (χ2n) is 5.37. The van der Waals surface area contributed by atoms with E-state index in [9.17, 15) is 10.1 Å². The zero-order valence-corrected chi connectivity index (χ0v) is 13.0. The van der Waals surface area contributed by atoms with Crippen molar-refractivity contribution in [1.29, 1.82) is 5.26 Å². The smallest absolute Gasteiger partial charge is 0.284 e. The van der Waals surface area contributed by atoms with Crippen LogP contribution in [0.15, 0.2) is 35.1 Å². The number of nitriles is 1. The second-order valence-corrected chi connectivity index (χ2v) is 5.37. The van der Waals surface area contributed by atoms with Crippen LogP contribution in [0.3, 0.4) is 0 Å². The van der Waals surface area contributed by atoms with Crippen molar-refractivity contribution in [2.24, 2.45) is 5.92 Å². The number of benzene rings is 1. The molecule has 0 saturated heterocycles. The molecule has 5 heteroatoms. The normalized spacial score (nSPS) is 10.5. The van der Waals surface area contributed by atoms with E-state index in [2.05, 4.69) is 5.10 Å². The van der Waals surface area contributed by atoms with E-state index in [-0.39, 0.29) is 17.0 Å². The van der Waals surface area contributed by atoms with Crippen molar-refractivity contribution in [2.45, 2.75) is 27.3 Å². The minimum absolute atomic E-state index is 0.0944. The Balaban J connectivity index is 2.61. The van der Waals surface area contributed by atoms with Crippen LogP contribution >= 0.6 is 0 Å². The Morgan fingerprint density at radius 2 is 2.09 bits per heavy atom. The molecule has 0 atom stereocenters. The average molecular weight is 297 g/mol. The fraction of sp³-hybridized carbons (Fsp3) is 0.353. The molecular formula is C17H19N3O2. The highest BCUT2D eigenvalue weighted by molar-refractivity contribution is 5.67. The van der Waals surface area contributed by atoms with Crippen LogP contribution in [0, 0.1) is 17.2 Å². The molecule has 22 heavy (non-hydrogen) atoms. The summed E-state index contributed by atoms with van der Waals surface area (Å²) in [6, 6.07) is 11.0. The zero-order valence-electron chi connectivity index (χ0n) is 13.0. The monoisotopic (exact) mass is 297 g/mol. The maximum absolute atomic E-state index is 12.2. The van der Waals surface area contributed by atoms with E-state index < -0.39 is 0 Å². The maximum atomic E-state index is 12.2. The van der Waals surface area contributed by atoms with Gasteiger partial charge in [0.2, 0.25) is 0 Å². The zero-order chi connectivity index (χ0) is 16.1. The summed E-state index contributed by atoms with van der Waals surface area (Å²) in [5, 5.41) is 13.6. The van der Waals surface area contributed by atoms with Crippen molar-refractivity contribution in [1.82, 2.24) is 9.78 Å². The van der Waals surface area contributed by atoms with E-state index in [0.29, 0.717) is 24.6 Å². The van der Waals surface area contributed by atoms with Crippen molar-refractivity contribution in [3.63, 3.8) is 0 Å². The van der Waals surface area contributed by atoms with E-state index in [4.69, 9.17) is 4.74 Å². The standard InChI is InChI=1S/C17H19N3O2/c1-4-22-16-8-6-5-7-14(16)15-9-13(10-18)17(21)20(19-15)11-12(2)3/h5-9,12H,4,11H2,1-3H3. The van der Waals surface area contributed by atoms with E-state index in [1.165, 1.54) is 10.7 Å². The summed E-state index contributed by atoms with van der Waals surface area (Å²) in [6.07, 6.45) is 0. The van der Waals surface area contributed by atoms with Gasteiger partial charge in [-0.1, -0.05) is 26.0 Å². The topological polar surface area (TPSA) is 67.9 Å². The summed E-state index contributed by atoms with van der Waals surface area (Å²) >= 11 is 0. The van der Waals surface area contributed by atoms with Gasteiger partial charge in [0.1, 0.15) is 17.4 Å². The van der Waals surface area contributed by atoms with Crippen molar-refractivity contribution < 1.29 is 4.74 Å². The van der Waals surface area contributed by atoms with Gasteiger partial charge < -0.3 is 4.74 Å². The Morgan fingerprint density at radius 3 is 2.73 bits per heavy atom. The molecule has 0 unspecified atom stereocenters. The summed E-state index contributed by atoms with van der Waals surface area (Å²) in [4.78, 5) is 12.2. The molecule has 0 fully saturated rings. The highest BCUT2D eigenvalue weighted by Crippen LogP contribution is 2.28. The van der Waals surface area contributed by atoms with Crippen LogP contribution in [-0.4, -0.2) is 16.4 Å². The van der Waals surface area contributed by atoms with E-state index in [1.54, 1.807) is 0 Å². The quantitative estimate of drug-likeness (QED) is 0.851. The second kappa shape index (κ2) is 6.90. The molecule has 2 aromatic rings. The van der Waals surface area contributed by atoms with Crippen LogP contribution in [0.4, 0.5) is 0 Å². The fourth-order valence-corrected chi connectivity index (χ4v) is 2.18. The number of para-hydroxylation sites is 1. The predicted octanol–water partition coefficient (Wildman–Crippen LogP) is 2.84. The minimum Gasteiger partial charge on any atom is -0.493 e. The molecule has 0 amide bonds. The Labute approximate surface area is 129 Å². The number of ether oxygens (including phenoxy) is 1. The number of rotatable bonds is 5. The first-order valence-electron chi connectivity index (χ1n) is 7.31. The first-order chi connectivity index (χ1) is 10.6. The Morgan fingerprint density at radius 1 is 1.36 bits per heavy atom. The van der Waals surface area contributed by atoms with E-state index in [1.807, 2.05) is 51.1 Å². The Bertz CT molecular complexity index is 757. The third kappa shape index (κ3) is 3.34. The van der Waals surface area contributed by atoms with Gasteiger partial charge in [-0.3, -0.25) is 4.79 Å². The van der Waals surface area contributed by atoms with Gasteiger partial charge >= 0.3 is 0 Å². The summed E-state index contributed by atoms with van der Waals surface area (Å²) < 4.78 is 6.97. The molecule has 0 bridgehead atoms. The average Bonchev–Trinajstić information content (AvgIpc) is 2.50. The van der Waals surface area contributed by atoms with Gasteiger partial charge in [-0.15, -0.1) is 0 Å². The van der Waals surface area contributed by atoms with Crippen LogP contribution in [0.5, 0.6) is 5.75 Å². The van der Waals surface area contributed by atoms with Crippen molar-refractivity contribution in [3.05, 3.63) is 46.2 Å². The van der Waals surface area contributed by atoms with Gasteiger partial charge in [0.25, 0.3) is 5.56 Å². The first-order valence-corrected chi connectivity index (χ1v) is 7.31. The molecule has 0 aliphatic heterocycles. The summed E-state index contributed by atoms with van der Waals surface area (Å²) in [5.41, 5.74) is 1.09. The highest BCUT2D eigenvalue weighted by atomic mass is 16.5. The first kappa shape index (κ1) is 15.8. The summed E-state index contributed by atoms with van der Waals surface area (Å²) in [6.45, 7) is 6.92. The van der Waals surface area contributed by atoms with Gasteiger partial charge in [-0.05, 0) is 31.0 Å². The largest absolute Gasteiger partial charge is 0.493 e. The van der Waals surface area contributed by atoms with Crippen molar-refractivity contribution >= 4 is 0 Å². The van der Waals surface area contributed by atoms with Crippen molar-refractivity contribution in [2.75, 3.05) is 6.61 Å². The van der Waals surface area contributed by atoms with Crippen molar-refractivity contribution in [3.8, 4) is 23.1 Å². The molecule has 114 valence electrons. The number of aromatic nitrogens is 2. The molecule has 1 heterocycles. The van der Waals surface area contributed by atoms with Gasteiger partial charge in [-0.25, -0.2) is 4.68 Å². The van der Waals surface area contributed by atoms with Gasteiger partial charge in [-0.2, -0.15) is 10.4 Å². The lowest BCUT2D eigenvalue weighted by molar-refractivity contribution is 0.341.